The maximum absolute atomic E-state index is 11.0. The topological polar surface area (TPSA) is 45.4 Å². The molecule has 27 heavy (non-hydrogen) atoms. The van der Waals surface area contributed by atoms with Crippen molar-refractivity contribution in [2.75, 3.05) is 0 Å². The van der Waals surface area contributed by atoms with Gasteiger partial charge in [0.15, 0.2) is 0 Å². The van der Waals surface area contributed by atoms with E-state index in [-0.39, 0.29) is 16.9 Å². The van der Waals surface area contributed by atoms with Crippen LogP contribution in [-0.2, 0) is 0 Å². The van der Waals surface area contributed by atoms with Crippen molar-refractivity contribution in [1.82, 2.24) is 4.57 Å². The smallest absolute Gasteiger partial charge is 0.113 e. The number of hydrogen-bond donors (Lipinski definition) is 2. The summed E-state index contributed by atoms with van der Waals surface area (Å²) in [6, 6.07) is 4.10. The van der Waals surface area contributed by atoms with Crippen LogP contribution in [0, 0.1) is 34.5 Å². The van der Waals surface area contributed by atoms with Gasteiger partial charge in [0.25, 0.3) is 0 Å². The van der Waals surface area contributed by atoms with Gasteiger partial charge in [0, 0.05) is 24.2 Å². The number of aromatic nitrogens is 1. The van der Waals surface area contributed by atoms with Crippen LogP contribution in [0.3, 0.4) is 0 Å². The predicted octanol–water partition coefficient (Wildman–Crippen LogP) is 5.39. The maximum atomic E-state index is 11.0. The number of fused-ring (bicyclic) bond motifs is 5. The Hall–Kier alpha value is -1.48. The Morgan fingerprint density at radius 2 is 1.70 bits per heavy atom. The van der Waals surface area contributed by atoms with Crippen LogP contribution in [0.15, 0.2) is 41.9 Å². The SMILES string of the molecule is CC1C=C2CC(O)CC[C@]2(C)[C@@H]2CC[C@]3(C)C(n4cccc4)=C(O)C[C@H]3[C@H]12. The molecule has 2 unspecified atom stereocenters. The monoisotopic (exact) mass is 367 g/mol. The first kappa shape index (κ1) is 17.6. The molecule has 0 aromatic carbocycles. The zero-order valence-electron chi connectivity index (χ0n) is 16.9. The van der Waals surface area contributed by atoms with Gasteiger partial charge in [-0.15, -0.1) is 0 Å². The van der Waals surface area contributed by atoms with Crippen molar-refractivity contribution >= 4 is 5.70 Å². The minimum absolute atomic E-state index is 0.0500. The molecular weight excluding hydrogens is 334 g/mol. The fourth-order valence-corrected chi connectivity index (χ4v) is 7.56. The van der Waals surface area contributed by atoms with Gasteiger partial charge in [-0.2, -0.15) is 0 Å². The van der Waals surface area contributed by atoms with Crippen molar-refractivity contribution in [1.29, 1.82) is 0 Å². The van der Waals surface area contributed by atoms with Gasteiger partial charge in [-0.1, -0.05) is 32.4 Å². The molecule has 0 amide bonds. The molecule has 4 aliphatic rings. The summed E-state index contributed by atoms with van der Waals surface area (Å²) in [5.74, 6) is 2.92. The molecule has 3 heteroatoms. The van der Waals surface area contributed by atoms with Gasteiger partial charge in [0.1, 0.15) is 5.76 Å². The van der Waals surface area contributed by atoms with E-state index in [9.17, 15) is 10.2 Å². The third-order valence-corrected chi connectivity index (χ3v) is 8.89. The highest BCUT2D eigenvalue weighted by Gasteiger charge is 2.60. The normalized spacial score (nSPS) is 46.5. The van der Waals surface area contributed by atoms with E-state index in [0.717, 1.165) is 37.8 Å². The van der Waals surface area contributed by atoms with Crippen molar-refractivity contribution in [3.63, 3.8) is 0 Å². The first-order chi connectivity index (χ1) is 12.8. The van der Waals surface area contributed by atoms with Crippen molar-refractivity contribution in [2.24, 2.45) is 34.5 Å². The number of aliphatic hydroxyl groups is 2. The minimum atomic E-state index is -0.153. The van der Waals surface area contributed by atoms with Crippen LogP contribution in [0.1, 0.15) is 59.3 Å². The summed E-state index contributed by atoms with van der Waals surface area (Å²) < 4.78 is 2.16. The van der Waals surface area contributed by atoms with E-state index in [4.69, 9.17) is 0 Å². The van der Waals surface area contributed by atoms with Crippen LogP contribution >= 0.6 is 0 Å². The summed E-state index contributed by atoms with van der Waals surface area (Å²) in [5, 5.41) is 21.2. The summed E-state index contributed by atoms with van der Waals surface area (Å²) in [7, 11) is 0. The quantitative estimate of drug-likeness (QED) is 0.653. The van der Waals surface area contributed by atoms with E-state index < -0.39 is 0 Å². The molecule has 0 saturated heterocycles. The number of hydrogen-bond acceptors (Lipinski definition) is 2. The Morgan fingerprint density at radius 1 is 1.00 bits per heavy atom. The fraction of sp³-hybridized carbons (Fsp3) is 0.667. The van der Waals surface area contributed by atoms with Crippen molar-refractivity contribution in [3.8, 4) is 0 Å². The molecule has 7 atom stereocenters. The van der Waals surface area contributed by atoms with Crippen LogP contribution in [0.4, 0.5) is 0 Å². The molecule has 1 aromatic rings. The second-order valence-electron chi connectivity index (χ2n) is 10.2. The molecule has 4 aliphatic carbocycles. The van der Waals surface area contributed by atoms with E-state index in [1.807, 2.05) is 0 Å². The molecule has 0 radical (unpaired) electrons. The minimum Gasteiger partial charge on any atom is -0.510 e. The van der Waals surface area contributed by atoms with E-state index in [1.165, 1.54) is 12.0 Å². The summed E-state index contributed by atoms with van der Waals surface area (Å²) in [6.07, 6.45) is 12.6. The standard InChI is InChI=1S/C24H33NO2/c1-15-12-16-13-17(26)6-8-23(16,2)18-7-9-24(3)19(21(15)18)14-20(27)22(24)25-10-4-5-11-25/h4-5,10-12,15,17-19,21,26-27H,6-9,13-14H2,1-3H3/t15?,17?,18-,19+,21-,23+,24+/m1/s1. The van der Waals surface area contributed by atoms with E-state index in [0.29, 0.717) is 29.4 Å². The highest BCUT2D eigenvalue weighted by atomic mass is 16.3. The zero-order chi connectivity index (χ0) is 19.0. The summed E-state index contributed by atoms with van der Waals surface area (Å²) in [6.45, 7) is 7.24. The first-order valence-electron chi connectivity index (χ1n) is 10.8. The van der Waals surface area contributed by atoms with Gasteiger partial charge >= 0.3 is 0 Å². The molecule has 146 valence electrons. The van der Waals surface area contributed by atoms with Gasteiger partial charge in [0.05, 0.1) is 11.8 Å². The number of aliphatic hydroxyl groups excluding tert-OH is 2. The van der Waals surface area contributed by atoms with Crippen LogP contribution < -0.4 is 0 Å². The van der Waals surface area contributed by atoms with Crippen LogP contribution in [0.25, 0.3) is 5.70 Å². The molecular formula is C24H33NO2. The van der Waals surface area contributed by atoms with Crippen LogP contribution in [-0.4, -0.2) is 20.9 Å². The number of rotatable bonds is 1. The molecule has 0 spiro atoms. The third-order valence-electron chi connectivity index (χ3n) is 8.89. The Balaban J connectivity index is 1.55. The van der Waals surface area contributed by atoms with Gasteiger partial charge in [0.2, 0.25) is 0 Å². The highest BCUT2D eigenvalue weighted by molar-refractivity contribution is 5.59. The Bertz CT molecular complexity index is 806. The largest absolute Gasteiger partial charge is 0.510 e. The Kier molecular flexibility index (Phi) is 3.76. The second-order valence-corrected chi connectivity index (χ2v) is 10.2. The lowest BCUT2D eigenvalue weighted by atomic mass is 9.46. The molecule has 5 rings (SSSR count). The second kappa shape index (κ2) is 5.76. The molecule has 3 nitrogen and oxygen atoms in total. The van der Waals surface area contributed by atoms with E-state index in [2.05, 4.69) is 55.9 Å². The molecule has 1 heterocycles. The fourth-order valence-electron chi connectivity index (χ4n) is 7.56. The lowest BCUT2D eigenvalue weighted by molar-refractivity contribution is -0.0447. The summed E-state index contributed by atoms with van der Waals surface area (Å²) in [4.78, 5) is 0. The zero-order valence-corrected chi connectivity index (χ0v) is 16.9. The molecule has 2 N–H and O–H groups in total. The lowest BCUT2D eigenvalue weighted by Crippen LogP contribution is -2.52. The highest BCUT2D eigenvalue weighted by Crippen LogP contribution is 2.67. The van der Waals surface area contributed by atoms with Crippen molar-refractivity contribution in [3.05, 3.63) is 41.9 Å². The molecule has 0 bridgehead atoms. The average Bonchev–Trinajstić information content (AvgIpc) is 3.21. The predicted molar refractivity (Wildman–Crippen MR) is 108 cm³/mol. The van der Waals surface area contributed by atoms with Gasteiger partial charge in [-0.25, -0.2) is 0 Å². The summed E-state index contributed by atoms with van der Waals surface area (Å²) in [5.41, 5.74) is 2.94. The molecule has 0 aliphatic heterocycles. The lowest BCUT2D eigenvalue weighted by Gasteiger charge is -2.59. The van der Waals surface area contributed by atoms with Gasteiger partial charge < -0.3 is 14.8 Å². The molecule has 2 saturated carbocycles. The third kappa shape index (κ3) is 2.30. The molecule has 1 aromatic heterocycles. The van der Waals surface area contributed by atoms with Gasteiger partial charge in [-0.05, 0) is 73.3 Å². The van der Waals surface area contributed by atoms with Crippen molar-refractivity contribution in [2.45, 2.75) is 65.4 Å². The Morgan fingerprint density at radius 3 is 2.44 bits per heavy atom. The number of allylic oxidation sites excluding steroid dienone is 3. The average molecular weight is 368 g/mol. The molecule has 2 fully saturated rings. The Labute approximate surface area is 162 Å². The van der Waals surface area contributed by atoms with Crippen LogP contribution in [0.2, 0.25) is 0 Å². The first-order valence-corrected chi connectivity index (χ1v) is 10.8. The summed E-state index contributed by atoms with van der Waals surface area (Å²) >= 11 is 0. The van der Waals surface area contributed by atoms with E-state index >= 15 is 0 Å². The van der Waals surface area contributed by atoms with Crippen LogP contribution in [0.5, 0.6) is 0 Å². The number of nitrogens with zero attached hydrogens (tertiary/aromatic N) is 1. The van der Waals surface area contributed by atoms with E-state index in [1.54, 1.807) is 0 Å². The maximum Gasteiger partial charge on any atom is 0.113 e. The van der Waals surface area contributed by atoms with Gasteiger partial charge in [-0.3, -0.25) is 0 Å². The van der Waals surface area contributed by atoms with Crippen molar-refractivity contribution < 1.29 is 10.2 Å².